The zero-order chi connectivity index (χ0) is 10.7. The maximum Gasteiger partial charge on any atom is 0.230 e. The van der Waals surface area contributed by atoms with E-state index in [1.165, 1.54) is 0 Å². The van der Waals surface area contributed by atoms with E-state index in [9.17, 15) is 9.59 Å². The van der Waals surface area contributed by atoms with E-state index in [1.807, 2.05) is 13.0 Å². The van der Waals surface area contributed by atoms with Crippen LogP contribution in [0.15, 0.2) is 0 Å². The fourth-order valence-corrected chi connectivity index (χ4v) is 1.68. The van der Waals surface area contributed by atoms with Crippen LogP contribution in [0, 0.1) is 17.2 Å². The molecule has 4 heteroatoms. The zero-order valence-electron chi connectivity index (χ0n) is 8.49. The predicted octanol–water partition coefficient (Wildman–Crippen LogP) is 1.07. The third-order valence-corrected chi connectivity index (χ3v) is 2.43. The molecule has 1 aliphatic heterocycles. The molecule has 76 valence electrons. The minimum Gasteiger partial charge on any atom is -0.274 e. The number of rotatable bonds is 2. The lowest BCUT2D eigenvalue weighted by Gasteiger charge is -2.30. The molecule has 1 aliphatic rings. The van der Waals surface area contributed by atoms with Gasteiger partial charge in [0.05, 0.1) is 6.07 Å². The van der Waals surface area contributed by atoms with Gasteiger partial charge in [-0.25, -0.2) is 0 Å². The molecule has 1 fully saturated rings. The normalized spacial score (nSPS) is 20.8. The van der Waals surface area contributed by atoms with E-state index in [4.69, 9.17) is 5.26 Å². The topological polar surface area (TPSA) is 61.2 Å². The first kappa shape index (κ1) is 10.7. The molecule has 0 bridgehead atoms. The lowest BCUT2D eigenvalue weighted by molar-refractivity contribution is -0.151. The minimum absolute atomic E-state index is 0.113. The predicted molar refractivity (Wildman–Crippen MR) is 49.9 cm³/mol. The number of hydrogen-bond acceptors (Lipinski definition) is 3. The lowest BCUT2D eigenvalue weighted by Crippen LogP contribution is -2.48. The van der Waals surface area contributed by atoms with Crippen molar-refractivity contribution in [1.29, 1.82) is 5.26 Å². The third-order valence-electron chi connectivity index (χ3n) is 2.43. The summed E-state index contributed by atoms with van der Waals surface area (Å²) in [5.41, 5.74) is 0. The maximum atomic E-state index is 11.5. The fraction of sp³-hybridized carbons (Fsp3) is 0.700. The highest BCUT2D eigenvalue weighted by atomic mass is 16.2. The summed E-state index contributed by atoms with van der Waals surface area (Å²) >= 11 is 0. The van der Waals surface area contributed by atoms with Gasteiger partial charge in [0.15, 0.2) is 0 Å². The molecule has 1 atom stereocenters. The highest BCUT2D eigenvalue weighted by molar-refractivity contribution is 5.98. The van der Waals surface area contributed by atoms with Crippen molar-refractivity contribution in [2.24, 2.45) is 5.92 Å². The molecule has 0 saturated carbocycles. The summed E-state index contributed by atoms with van der Waals surface area (Å²) in [7, 11) is 0. The number of carbonyl (C=O) groups excluding carboxylic acids is 2. The Morgan fingerprint density at radius 2 is 2.00 bits per heavy atom. The van der Waals surface area contributed by atoms with E-state index < -0.39 is 6.04 Å². The second-order valence-corrected chi connectivity index (χ2v) is 3.72. The van der Waals surface area contributed by atoms with Gasteiger partial charge < -0.3 is 0 Å². The second-order valence-electron chi connectivity index (χ2n) is 3.72. The van der Waals surface area contributed by atoms with Crippen LogP contribution >= 0.6 is 0 Å². The highest BCUT2D eigenvalue weighted by Gasteiger charge is 2.34. The minimum atomic E-state index is -0.581. The number of nitriles is 1. The molecule has 0 N–H and O–H groups in total. The van der Waals surface area contributed by atoms with Crippen LogP contribution in [-0.2, 0) is 9.59 Å². The fourth-order valence-electron chi connectivity index (χ4n) is 1.68. The van der Waals surface area contributed by atoms with Gasteiger partial charge in [-0.1, -0.05) is 13.8 Å². The molecule has 1 unspecified atom stereocenters. The van der Waals surface area contributed by atoms with Gasteiger partial charge in [-0.3, -0.25) is 14.5 Å². The molecule has 1 rings (SSSR count). The molecule has 14 heavy (non-hydrogen) atoms. The van der Waals surface area contributed by atoms with Crippen LogP contribution in [0.25, 0.3) is 0 Å². The molecular weight excluding hydrogens is 180 g/mol. The molecule has 1 saturated heterocycles. The Bertz CT molecular complexity index is 275. The van der Waals surface area contributed by atoms with Gasteiger partial charge in [0.2, 0.25) is 11.8 Å². The Morgan fingerprint density at radius 3 is 2.36 bits per heavy atom. The SMILES string of the molecule is CCC(C#N)N1C(=O)CC(C)CC1=O. The standard InChI is InChI=1S/C10H14N2O2/c1-3-8(6-11)12-9(13)4-7(2)5-10(12)14/h7-8H,3-5H2,1-2H3. The van der Waals surface area contributed by atoms with Crippen LogP contribution in [0.5, 0.6) is 0 Å². The maximum absolute atomic E-state index is 11.5. The van der Waals surface area contributed by atoms with Crippen LogP contribution in [0.4, 0.5) is 0 Å². The quantitative estimate of drug-likeness (QED) is 0.618. The van der Waals surface area contributed by atoms with Crippen LogP contribution in [0.2, 0.25) is 0 Å². The third kappa shape index (κ3) is 1.92. The highest BCUT2D eigenvalue weighted by Crippen LogP contribution is 2.21. The van der Waals surface area contributed by atoms with E-state index in [2.05, 4.69) is 0 Å². The molecule has 0 radical (unpaired) electrons. The number of hydrogen-bond donors (Lipinski definition) is 0. The Hall–Kier alpha value is -1.37. The summed E-state index contributed by atoms with van der Waals surface area (Å²) in [6.45, 7) is 3.67. The van der Waals surface area contributed by atoms with Crippen LogP contribution < -0.4 is 0 Å². The number of piperidine rings is 1. The number of likely N-dealkylation sites (tertiary alicyclic amines) is 1. The second kappa shape index (κ2) is 4.23. The Labute approximate surface area is 83.5 Å². The first-order valence-electron chi connectivity index (χ1n) is 4.84. The number of imide groups is 1. The summed E-state index contributed by atoms with van der Waals surface area (Å²) in [5.74, 6) is -0.299. The summed E-state index contributed by atoms with van der Waals surface area (Å²) in [4.78, 5) is 24.2. The van der Waals surface area contributed by atoms with E-state index in [1.54, 1.807) is 6.92 Å². The van der Waals surface area contributed by atoms with Gasteiger partial charge >= 0.3 is 0 Å². The molecule has 1 heterocycles. The van der Waals surface area contributed by atoms with Gasteiger partial charge in [0, 0.05) is 12.8 Å². The lowest BCUT2D eigenvalue weighted by atomic mass is 9.96. The van der Waals surface area contributed by atoms with Crippen LogP contribution in [-0.4, -0.2) is 22.8 Å². The molecule has 0 aliphatic carbocycles. The van der Waals surface area contributed by atoms with Gasteiger partial charge in [-0.2, -0.15) is 5.26 Å². The average Bonchev–Trinajstić information content (AvgIpc) is 2.10. The van der Waals surface area contributed by atoms with Gasteiger partial charge in [0.25, 0.3) is 0 Å². The van der Waals surface area contributed by atoms with Crippen molar-refractivity contribution in [3.8, 4) is 6.07 Å². The summed E-state index contributed by atoms with van der Waals surface area (Å²) < 4.78 is 0. The van der Waals surface area contributed by atoms with Crippen LogP contribution in [0.3, 0.4) is 0 Å². The Morgan fingerprint density at radius 1 is 1.50 bits per heavy atom. The number of nitrogens with zero attached hydrogens (tertiary/aromatic N) is 2. The largest absolute Gasteiger partial charge is 0.274 e. The average molecular weight is 194 g/mol. The van der Waals surface area contributed by atoms with Crippen LogP contribution in [0.1, 0.15) is 33.1 Å². The molecule has 0 aromatic rings. The van der Waals surface area contributed by atoms with Gasteiger partial charge in [-0.15, -0.1) is 0 Å². The molecular formula is C10H14N2O2. The molecule has 0 aromatic carbocycles. The first-order valence-corrected chi connectivity index (χ1v) is 4.84. The molecule has 2 amide bonds. The van der Waals surface area contributed by atoms with Crippen molar-refractivity contribution < 1.29 is 9.59 Å². The first-order chi connectivity index (χ1) is 6.60. The van der Waals surface area contributed by atoms with Crippen molar-refractivity contribution in [2.45, 2.75) is 39.2 Å². The summed E-state index contributed by atoms with van der Waals surface area (Å²) in [6, 6.07) is 1.40. The van der Waals surface area contributed by atoms with Gasteiger partial charge in [0.1, 0.15) is 6.04 Å². The van der Waals surface area contributed by atoms with Crippen molar-refractivity contribution in [2.75, 3.05) is 0 Å². The monoisotopic (exact) mass is 194 g/mol. The van der Waals surface area contributed by atoms with Crippen molar-refractivity contribution in [3.63, 3.8) is 0 Å². The zero-order valence-corrected chi connectivity index (χ0v) is 8.49. The Balaban J connectivity index is 2.82. The Kier molecular flexibility index (Phi) is 3.23. The van der Waals surface area contributed by atoms with Crippen molar-refractivity contribution in [3.05, 3.63) is 0 Å². The van der Waals surface area contributed by atoms with Gasteiger partial charge in [-0.05, 0) is 12.3 Å². The van der Waals surface area contributed by atoms with Crippen molar-refractivity contribution in [1.82, 2.24) is 4.90 Å². The summed E-state index contributed by atoms with van der Waals surface area (Å²) in [6.07, 6.45) is 1.26. The van der Waals surface area contributed by atoms with E-state index >= 15 is 0 Å². The van der Waals surface area contributed by atoms with E-state index in [0.717, 1.165) is 4.90 Å². The van der Waals surface area contributed by atoms with Crippen molar-refractivity contribution >= 4 is 11.8 Å². The van der Waals surface area contributed by atoms with E-state index in [0.29, 0.717) is 19.3 Å². The molecule has 0 aromatic heterocycles. The smallest absolute Gasteiger partial charge is 0.230 e. The number of amides is 2. The number of carbonyl (C=O) groups is 2. The molecule has 4 nitrogen and oxygen atoms in total. The summed E-state index contributed by atoms with van der Waals surface area (Å²) in [5, 5.41) is 8.78. The molecule has 0 spiro atoms. The van der Waals surface area contributed by atoms with E-state index in [-0.39, 0.29) is 17.7 Å².